The van der Waals surface area contributed by atoms with Gasteiger partial charge in [-0.15, -0.1) is 0 Å². The Morgan fingerprint density at radius 3 is 1.44 bits per heavy atom. The van der Waals surface area contributed by atoms with Crippen LogP contribution in [0, 0.1) is 0 Å². The molecule has 1 atom stereocenters. The fourth-order valence-electron chi connectivity index (χ4n) is 1.57. The van der Waals surface area contributed by atoms with E-state index in [4.69, 9.17) is 0 Å². The molecule has 0 aromatic heterocycles. The van der Waals surface area contributed by atoms with Crippen molar-refractivity contribution in [3.05, 3.63) is 0 Å². The van der Waals surface area contributed by atoms with Crippen molar-refractivity contribution < 1.29 is 29.4 Å². The van der Waals surface area contributed by atoms with Gasteiger partial charge in [-0.25, -0.2) is 0 Å². The first-order chi connectivity index (χ1) is 7.83. The minimum absolute atomic E-state index is 0.285. The van der Waals surface area contributed by atoms with Gasteiger partial charge in [0.1, 0.15) is 0 Å². The second kappa shape index (κ2) is 5.74. The molecule has 0 spiro atoms. The molecular formula is C9H14F6NOSn. The number of nitrogens with zero attached hydrogens (tertiary/aromatic N) is 1. The van der Waals surface area contributed by atoms with Crippen LogP contribution in [0.2, 0.25) is 0 Å². The molecule has 2 nitrogen and oxygen atoms in total. The van der Waals surface area contributed by atoms with Crippen LogP contribution in [0.15, 0.2) is 0 Å². The Hall–Kier alpha value is 0.299. The van der Waals surface area contributed by atoms with Crippen LogP contribution in [0.4, 0.5) is 26.3 Å². The molecule has 0 N–H and O–H groups in total. The molecule has 0 aliphatic heterocycles. The number of hydrogen-bond acceptors (Lipinski definition) is 2. The molecule has 0 fully saturated rings. The molecule has 0 aromatic carbocycles. The van der Waals surface area contributed by atoms with E-state index >= 15 is 0 Å². The summed E-state index contributed by atoms with van der Waals surface area (Å²) in [5.41, 5.74) is -4.16. The van der Waals surface area contributed by atoms with Crippen molar-refractivity contribution in [2.24, 2.45) is 0 Å². The van der Waals surface area contributed by atoms with Gasteiger partial charge in [0.25, 0.3) is 0 Å². The van der Waals surface area contributed by atoms with Crippen molar-refractivity contribution in [1.82, 2.24) is 4.90 Å². The molecule has 0 amide bonds. The summed E-state index contributed by atoms with van der Waals surface area (Å²) in [6.45, 7) is 3.89. The zero-order chi connectivity index (χ0) is 14.9. The van der Waals surface area contributed by atoms with E-state index in [2.05, 4.69) is 3.07 Å². The Labute approximate surface area is 115 Å². The average molecular weight is 385 g/mol. The number of hydrogen-bond donors (Lipinski definition) is 0. The molecule has 107 valence electrons. The molecule has 0 aromatic rings. The van der Waals surface area contributed by atoms with Crippen LogP contribution in [-0.4, -0.2) is 64.9 Å². The number of alkyl halides is 6. The quantitative estimate of drug-likeness (QED) is 0.546. The van der Waals surface area contributed by atoms with Crippen LogP contribution in [0.3, 0.4) is 0 Å². The third-order valence-corrected chi connectivity index (χ3v) is 3.94. The first-order valence-corrected chi connectivity index (χ1v) is 6.19. The molecule has 0 saturated heterocycles. The summed E-state index contributed by atoms with van der Waals surface area (Å²) in [6.07, 6.45) is -11.1. The van der Waals surface area contributed by atoms with Crippen molar-refractivity contribution in [1.29, 1.82) is 0 Å². The van der Waals surface area contributed by atoms with E-state index in [0.29, 0.717) is 0 Å². The molecule has 9 heteroatoms. The van der Waals surface area contributed by atoms with Crippen molar-refractivity contribution in [2.75, 3.05) is 7.05 Å². The van der Waals surface area contributed by atoms with Gasteiger partial charge in [-0.2, -0.15) is 0 Å². The third-order valence-electron chi connectivity index (χ3n) is 3.02. The molecule has 0 heterocycles. The van der Waals surface area contributed by atoms with Crippen LogP contribution >= 0.6 is 0 Å². The molecule has 18 heavy (non-hydrogen) atoms. The van der Waals surface area contributed by atoms with Crippen LogP contribution < -0.4 is 0 Å². The van der Waals surface area contributed by atoms with Crippen LogP contribution in [0.25, 0.3) is 0 Å². The van der Waals surface area contributed by atoms with Crippen molar-refractivity contribution in [2.45, 2.75) is 50.8 Å². The van der Waals surface area contributed by atoms with Gasteiger partial charge in [0.05, 0.1) is 0 Å². The number of likely N-dealkylation sites (N-methyl/N-ethyl adjacent to an activating group) is 1. The fraction of sp³-hybridized carbons (Fsp3) is 1.00. The van der Waals surface area contributed by atoms with Gasteiger partial charge < -0.3 is 0 Å². The summed E-state index contributed by atoms with van der Waals surface area (Å²) in [6, 6.07) is -2.35. The van der Waals surface area contributed by atoms with Crippen molar-refractivity contribution in [3.8, 4) is 0 Å². The SMILES string of the molecule is CC(C)N(C)C(C)C([O][Sn])(C(F)(F)F)C(F)(F)F. The van der Waals surface area contributed by atoms with Gasteiger partial charge in [0.2, 0.25) is 0 Å². The summed E-state index contributed by atoms with van der Waals surface area (Å²) in [4.78, 5) is 0.991. The van der Waals surface area contributed by atoms with Crippen LogP contribution in [0.5, 0.6) is 0 Å². The summed E-state index contributed by atoms with van der Waals surface area (Å²) in [7, 11) is 1.21. The third kappa shape index (κ3) is 3.06. The number of halogens is 6. The van der Waals surface area contributed by atoms with E-state index in [1.807, 2.05) is 0 Å². The Morgan fingerprint density at radius 1 is 0.944 bits per heavy atom. The van der Waals surface area contributed by atoms with Crippen LogP contribution in [0.1, 0.15) is 20.8 Å². The molecule has 0 bridgehead atoms. The summed E-state index contributed by atoms with van der Waals surface area (Å²) in [5.74, 6) is 0. The maximum absolute atomic E-state index is 12.9. The molecule has 3 radical (unpaired) electrons. The van der Waals surface area contributed by atoms with Gasteiger partial charge >= 0.3 is 115 Å². The Kier molecular flexibility index (Phi) is 5.83. The monoisotopic (exact) mass is 386 g/mol. The standard InChI is InChI=1S/C9H14F6NO.Sn/c1-5(2)16(4)6(3)7(17,8(10,11)12)9(13,14)15;/h5-6H,1-4H3;/q-1;+1. The van der Waals surface area contributed by atoms with E-state index < -0.39 is 30.0 Å². The first-order valence-electron chi connectivity index (χ1n) is 5.03. The normalized spacial score (nSPS) is 16.5. The first kappa shape index (κ1) is 18.3. The zero-order valence-corrected chi connectivity index (χ0v) is 13.1. The maximum atomic E-state index is 12.9. The van der Waals surface area contributed by atoms with Crippen molar-refractivity contribution in [3.63, 3.8) is 0 Å². The summed E-state index contributed by atoms with van der Waals surface area (Å²) in [5, 5.41) is 0. The second-order valence-electron chi connectivity index (χ2n) is 4.27. The predicted molar refractivity (Wildman–Crippen MR) is 54.0 cm³/mol. The van der Waals surface area contributed by atoms with Gasteiger partial charge in [-0.05, 0) is 0 Å². The Bertz CT molecular complexity index is 263. The van der Waals surface area contributed by atoms with Gasteiger partial charge in [0.15, 0.2) is 0 Å². The van der Waals surface area contributed by atoms with Gasteiger partial charge in [-0.1, -0.05) is 0 Å². The fourth-order valence-corrected chi connectivity index (χ4v) is 2.72. The van der Waals surface area contributed by atoms with E-state index in [1.54, 1.807) is 0 Å². The number of rotatable bonds is 4. The van der Waals surface area contributed by atoms with Gasteiger partial charge in [0, 0.05) is 0 Å². The molecule has 1 unspecified atom stereocenters. The van der Waals surface area contributed by atoms with E-state index in [0.717, 1.165) is 11.8 Å². The van der Waals surface area contributed by atoms with Crippen molar-refractivity contribution >= 4 is 22.9 Å². The topological polar surface area (TPSA) is 12.5 Å². The second-order valence-corrected chi connectivity index (χ2v) is 4.85. The molecule has 0 aliphatic carbocycles. The summed E-state index contributed by atoms with van der Waals surface area (Å²) < 4.78 is 81.3. The van der Waals surface area contributed by atoms with Gasteiger partial charge in [-0.3, -0.25) is 0 Å². The molecule has 0 rings (SSSR count). The van der Waals surface area contributed by atoms with Crippen LogP contribution in [-0.2, 0) is 3.07 Å². The van der Waals surface area contributed by atoms with E-state index in [1.165, 1.54) is 20.9 Å². The average Bonchev–Trinajstić information content (AvgIpc) is 2.13. The minimum atomic E-state index is -5.53. The Morgan fingerprint density at radius 2 is 1.28 bits per heavy atom. The zero-order valence-electron chi connectivity index (χ0n) is 10.3. The van der Waals surface area contributed by atoms with E-state index in [-0.39, 0.29) is 22.9 Å². The molecule has 0 aliphatic rings. The summed E-state index contributed by atoms with van der Waals surface area (Å²) >= 11 is -0.285. The molecular weight excluding hydrogens is 371 g/mol. The predicted octanol–water partition coefficient (Wildman–Crippen LogP) is 2.68. The molecule has 0 saturated carbocycles. The Balaban J connectivity index is 5.76. The van der Waals surface area contributed by atoms with E-state index in [9.17, 15) is 26.3 Å².